The fraction of sp³-hybridized carbons (Fsp3) is 0.375. The molecule has 0 saturated carbocycles. The number of carbonyl (C=O) groups excluding carboxylic acids is 4. The van der Waals surface area contributed by atoms with Crippen molar-refractivity contribution in [1.82, 2.24) is 20.7 Å². The Labute approximate surface area is 209 Å². The monoisotopic (exact) mass is 519 g/mol. The number of amides is 4. The maximum absolute atomic E-state index is 12.8. The molecule has 1 aromatic heterocycles. The van der Waals surface area contributed by atoms with Crippen LogP contribution in [0, 0.1) is 5.92 Å². The molecule has 2 aliphatic heterocycles. The van der Waals surface area contributed by atoms with Crippen molar-refractivity contribution in [2.45, 2.75) is 31.5 Å². The number of anilines is 1. The number of pyridine rings is 1. The molecule has 2 N–H and O–H groups in total. The number of hydrazine groups is 1. The number of hydrogen-bond donors (Lipinski definition) is 2. The van der Waals surface area contributed by atoms with Crippen LogP contribution in [0.2, 0.25) is 0 Å². The van der Waals surface area contributed by atoms with Crippen molar-refractivity contribution >= 4 is 29.6 Å². The molecule has 3 heterocycles. The number of aromatic nitrogens is 1. The molecule has 1 aromatic carbocycles. The molecular formula is C24H24F3N5O5. The van der Waals surface area contributed by atoms with Gasteiger partial charge in [-0.3, -0.25) is 19.8 Å². The van der Waals surface area contributed by atoms with Crippen molar-refractivity contribution in [3.63, 3.8) is 0 Å². The summed E-state index contributed by atoms with van der Waals surface area (Å²) >= 11 is 0. The number of piperidine rings is 1. The summed E-state index contributed by atoms with van der Waals surface area (Å²) < 4.78 is 43.2. The summed E-state index contributed by atoms with van der Waals surface area (Å²) in [5.74, 6) is -2.32. The van der Waals surface area contributed by atoms with Gasteiger partial charge in [0.1, 0.15) is 11.4 Å². The number of benzene rings is 1. The van der Waals surface area contributed by atoms with E-state index in [9.17, 15) is 32.3 Å². The van der Waals surface area contributed by atoms with E-state index in [0.717, 1.165) is 12.3 Å². The topological polar surface area (TPSA) is 121 Å². The van der Waals surface area contributed by atoms with Crippen molar-refractivity contribution in [2.24, 2.45) is 5.92 Å². The minimum atomic E-state index is -4.47. The summed E-state index contributed by atoms with van der Waals surface area (Å²) in [5.41, 5.74) is 0.496. The standard InChI is InChI=1S/C24H24F3N5O5/c1-23(16-5-3-2-4-6-16)21(35)32(22(36)29-23)30-19(33)14-37-20(34)15-9-11-31(12-10-15)18-8-7-17(13-28-18)24(25,26)27/h2-8,13,15H,9-12,14H2,1H3,(H,29,36)(H,30,33)/t23-/m1/s1. The van der Waals surface area contributed by atoms with Crippen LogP contribution in [0.4, 0.5) is 23.8 Å². The first-order valence-electron chi connectivity index (χ1n) is 11.5. The Balaban J connectivity index is 1.25. The van der Waals surface area contributed by atoms with E-state index in [0.29, 0.717) is 42.3 Å². The molecule has 13 heteroatoms. The second kappa shape index (κ2) is 10.1. The average Bonchev–Trinajstić information content (AvgIpc) is 3.11. The van der Waals surface area contributed by atoms with Crippen LogP contribution >= 0.6 is 0 Å². The molecule has 0 spiro atoms. The lowest BCUT2D eigenvalue weighted by molar-refractivity contribution is -0.154. The van der Waals surface area contributed by atoms with E-state index in [4.69, 9.17) is 4.74 Å². The molecule has 1 atom stereocenters. The van der Waals surface area contributed by atoms with Crippen molar-refractivity contribution in [1.29, 1.82) is 0 Å². The van der Waals surface area contributed by atoms with Crippen LogP contribution in [0.15, 0.2) is 48.7 Å². The van der Waals surface area contributed by atoms with E-state index in [1.165, 1.54) is 13.0 Å². The van der Waals surface area contributed by atoms with Gasteiger partial charge in [-0.05, 0) is 37.5 Å². The van der Waals surface area contributed by atoms with Crippen LogP contribution in [0.25, 0.3) is 0 Å². The predicted octanol–water partition coefficient (Wildman–Crippen LogP) is 2.36. The van der Waals surface area contributed by atoms with E-state index >= 15 is 0 Å². The predicted molar refractivity (Wildman–Crippen MR) is 122 cm³/mol. The molecule has 2 saturated heterocycles. The molecule has 0 radical (unpaired) electrons. The number of nitrogens with one attached hydrogen (secondary N) is 2. The number of hydrogen-bond acceptors (Lipinski definition) is 7. The first-order chi connectivity index (χ1) is 17.5. The number of imide groups is 1. The van der Waals surface area contributed by atoms with E-state index in [-0.39, 0.29) is 0 Å². The quantitative estimate of drug-likeness (QED) is 0.444. The molecule has 0 bridgehead atoms. The number of nitrogens with zero attached hydrogens (tertiary/aromatic N) is 3. The molecule has 2 aromatic rings. The van der Waals surface area contributed by atoms with Gasteiger partial charge in [0, 0.05) is 19.3 Å². The lowest BCUT2D eigenvalue weighted by Crippen LogP contribution is -2.49. The van der Waals surface area contributed by atoms with Crippen LogP contribution in [0.3, 0.4) is 0 Å². The van der Waals surface area contributed by atoms with Crippen molar-refractivity contribution in [2.75, 3.05) is 24.6 Å². The fourth-order valence-electron chi connectivity index (χ4n) is 4.20. The zero-order chi connectivity index (χ0) is 26.8. The summed E-state index contributed by atoms with van der Waals surface area (Å²) in [7, 11) is 0. The number of rotatable bonds is 6. The molecule has 4 rings (SSSR count). The Morgan fingerprint density at radius 1 is 1.14 bits per heavy atom. The highest BCUT2D eigenvalue weighted by molar-refractivity contribution is 6.08. The summed E-state index contributed by atoms with van der Waals surface area (Å²) in [4.78, 5) is 55.5. The highest BCUT2D eigenvalue weighted by Gasteiger charge is 2.50. The first kappa shape index (κ1) is 25.9. The van der Waals surface area contributed by atoms with Gasteiger partial charge in [-0.1, -0.05) is 30.3 Å². The molecule has 2 aliphatic rings. The lowest BCUT2D eigenvalue weighted by Gasteiger charge is -2.31. The summed E-state index contributed by atoms with van der Waals surface area (Å²) in [6.07, 6.45) is -3.00. The van der Waals surface area contributed by atoms with Crippen molar-refractivity contribution in [3.05, 3.63) is 59.8 Å². The Hall–Kier alpha value is -4.16. The average molecular weight is 519 g/mol. The second-order valence-corrected chi connectivity index (χ2v) is 8.87. The van der Waals surface area contributed by atoms with Crippen molar-refractivity contribution < 1.29 is 37.1 Å². The molecule has 37 heavy (non-hydrogen) atoms. The zero-order valence-corrected chi connectivity index (χ0v) is 19.7. The fourth-order valence-corrected chi connectivity index (χ4v) is 4.20. The van der Waals surface area contributed by atoms with Crippen LogP contribution < -0.4 is 15.6 Å². The van der Waals surface area contributed by atoms with Gasteiger partial charge in [-0.25, -0.2) is 9.78 Å². The first-order valence-corrected chi connectivity index (χ1v) is 11.5. The number of alkyl halides is 3. The summed E-state index contributed by atoms with van der Waals surface area (Å²) in [6, 6.07) is 9.95. The van der Waals surface area contributed by atoms with E-state index < -0.39 is 53.6 Å². The Morgan fingerprint density at radius 3 is 2.41 bits per heavy atom. The molecule has 196 valence electrons. The highest BCUT2D eigenvalue weighted by atomic mass is 19.4. The molecule has 2 fully saturated rings. The van der Waals surface area contributed by atoms with Gasteiger partial charge in [0.05, 0.1) is 11.5 Å². The van der Waals surface area contributed by atoms with Gasteiger partial charge >= 0.3 is 18.2 Å². The molecule has 0 aliphatic carbocycles. The molecule has 4 amide bonds. The third-order valence-electron chi connectivity index (χ3n) is 6.35. The highest BCUT2D eigenvalue weighted by Crippen LogP contribution is 2.30. The Kier molecular flexibility index (Phi) is 7.05. The summed E-state index contributed by atoms with van der Waals surface area (Å²) in [6.45, 7) is 1.55. The number of carbonyl (C=O) groups is 4. The van der Waals surface area contributed by atoms with Gasteiger partial charge in [0.2, 0.25) is 0 Å². The minimum Gasteiger partial charge on any atom is -0.455 e. The third-order valence-corrected chi connectivity index (χ3v) is 6.35. The van der Waals surface area contributed by atoms with Gasteiger partial charge in [0.25, 0.3) is 11.8 Å². The van der Waals surface area contributed by atoms with Crippen LogP contribution in [-0.4, -0.2) is 53.5 Å². The Bertz CT molecular complexity index is 1180. The smallest absolute Gasteiger partial charge is 0.417 e. The zero-order valence-electron chi connectivity index (χ0n) is 19.7. The number of esters is 1. The van der Waals surface area contributed by atoms with Crippen molar-refractivity contribution in [3.8, 4) is 0 Å². The molecular weight excluding hydrogens is 495 g/mol. The maximum Gasteiger partial charge on any atom is 0.417 e. The van der Waals surface area contributed by atoms with Crippen LogP contribution in [0.5, 0.6) is 0 Å². The summed E-state index contributed by atoms with van der Waals surface area (Å²) in [5, 5.41) is 3.10. The maximum atomic E-state index is 12.8. The van der Waals surface area contributed by atoms with Crippen LogP contribution in [-0.2, 0) is 30.8 Å². The van der Waals surface area contributed by atoms with E-state index in [2.05, 4.69) is 15.7 Å². The minimum absolute atomic E-state index is 0.353. The van der Waals surface area contributed by atoms with Gasteiger partial charge < -0.3 is 15.0 Å². The number of halogens is 3. The third kappa shape index (κ3) is 5.49. The Morgan fingerprint density at radius 2 is 1.81 bits per heavy atom. The SMILES string of the molecule is C[C@]1(c2ccccc2)NC(=O)N(NC(=O)COC(=O)C2CCN(c3ccc(C(F)(F)F)cn3)CC2)C1=O. The van der Waals surface area contributed by atoms with Gasteiger partial charge in [-0.2, -0.15) is 18.2 Å². The normalized spacial score (nSPS) is 20.5. The molecule has 10 nitrogen and oxygen atoms in total. The number of ether oxygens (including phenoxy) is 1. The molecule has 0 unspecified atom stereocenters. The van der Waals surface area contributed by atoms with E-state index in [1.54, 1.807) is 35.2 Å². The van der Waals surface area contributed by atoms with Gasteiger partial charge in [-0.15, -0.1) is 0 Å². The van der Waals surface area contributed by atoms with E-state index in [1.807, 2.05) is 0 Å². The lowest BCUT2D eigenvalue weighted by atomic mass is 9.92. The second-order valence-electron chi connectivity index (χ2n) is 8.87. The largest absolute Gasteiger partial charge is 0.455 e. The number of urea groups is 1. The van der Waals surface area contributed by atoms with Gasteiger partial charge in [0.15, 0.2) is 6.61 Å². The van der Waals surface area contributed by atoms with Crippen LogP contribution in [0.1, 0.15) is 30.9 Å².